The van der Waals surface area contributed by atoms with E-state index >= 15 is 0 Å². The largest absolute Gasteiger partial charge is 0.444 e. The number of benzene rings is 1. The fourth-order valence-corrected chi connectivity index (χ4v) is 1.52. The summed E-state index contributed by atoms with van der Waals surface area (Å²) in [5, 5.41) is 2.80. The zero-order valence-electron chi connectivity index (χ0n) is 11.4. The third-order valence-electron chi connectivity index (χ3n) is 2.23. The summed E-state index contributed by atoms with van der Waals surface area (Å²) in [4.78, 5) is 11.7. The summed E-state index contributed by atoms with van der Waals surface area (Å²) in [6, 6.07) is 9.47. The second-order valence-corrected chi connectivity index (χ2v) is 5.06. The lowest BCUT2D eigenvalue weighted by Gasteiger charge is -2.23. The molecule has 1 N–H and O–H groups in total. The van der Waals surface area contributed by atoms with Crippen molar-refractivity contribution >= 4 is 6.09 Å². The highest BCUT2D eigenvalue weighted by Crippen LogP contribution is 2.14. The van der Waals surface area contributed by atoms with Crippen LogP contribution in [0, 0.1) is 0 Å². The van der Waals surface area contributed by atoms with Crippen molar-refractivity contribution in [1.29, 1.82) is 0 Å². The maximum absolute atomic E-state index is 11.7. The SMILES string of the molecule is COC[C@H](NC(=O)OC(C)(C)C)c1ccccc1. The molecule has 0 aliphatic rings. The maximum atomic E-state index is 11.7. The number of amides is 1. The molecule has 1 rings (SSSR count). The van der Waals surface area contributed by atoms with E-state index < -0.39 is 11.7 Å². The Labute approximate surface area is 108 Å². The number of rotatable bonds is 4. The third-order valence-corrected chi connectivity index (χ3v) is 2.23. The predicted octanol–water partition coefficient (Wildman–Crippen LogP) is 2.90. The Morgan fingerprint density at radius 1 is 1.28 bits per heavy atom. The van der Waals surface area contributed by atoms with E-state index in [0.29, 0.717) is 6.61 Å². The smallest absolute Gasteiger partial charge is 0.408 e. The van der Waals surface area contributed by atoms with E-state index in [0.717, 1.165) is 5.56 Å². The third kappa shape index (κ3) is 5.19. The molecule has 100 valence electrons. The predicted molar refractivity (Wildman–Crippen MR) is 70.4 cm³/mol. The van der Waals surface area contributed by atoms with E-state index in [2.05, 4.69) is 5.32 Å². The van der Waals surface area contributed by atoms with Crippen molar-refractivity contribution in [2.45, 2.75) is 32.4 Å². The van der Waals surface area contributed by atoms with E-state index in [1.165, 1.54) is 0 Å². The van der Waals surface area contributed by atoms with Crippen molar-refractivity contribution in [3.63, 3.8) is 0 Å². The van der Waals surface area contributed by atoms with Crippen LogP contribution in [0.5, 0.6) is 0 Å². The molecule has 0 saturated heterocycles. The molecular formula is C14H21NO3. The van der Waals surface area contributed by atoms with Crippen molar-refractivity contribution in [1.82, 2.24) is 5.32 Å². The van der Waals surface area contributed by atoms with Crippen LogP contribution in [0.1, 0.15) is 32.4 Å². The van der Waals surface area contributed by atoms with Gasteiger partial charge in [-0.1, -0.05) is 30.3 Å². The molecule has 4 heteroatoms. The second kappa shape index (κ2) is 6.40. The summed E-state index contributed by atoms with van der Waals surface area (Å²) in [6.45, 7) is 5.91. The van der Waals surface area contributed by atoms with Crippen LogP contribution in [0.2, 0.25) is 0 Å². The van der Waals surface area contributed by atoms with Crippen LogP contribution >= 0.6 is 0 Å². The number of hydrogen-bond acceptors (Lipinski definition) is 3. The molecule has 1 atom stereocenters. The van der Waals surface area contributed by atoms with Gasteiger partial charge in [-0.15, -0.1) is 0 Å². The number of nitrogens with one attached hydrogen (secondary N) is 1. The molecule has 0 spiro atoms. The molecular weight excluding hydrogens is 230 g/mol. The van der Waals surface area contributed by atoms with Crippen molar-refractivity contribution in [3.8, 4) is 0 Å². The molecule has 0 bridgehead atoms. The summed E-state index contributed by atoms with van der Waals surface area (Å²) in [6.07, 6.45) is -0.437. The summed E-state index contributed by atoms with van der Waals surface area (Å²) in [7, 11) is 1.60. The van der Waals surface area contributed by atoms with Crippen molar-refractivity contribution in [2.75, 3.05) is 13.7 Å². The van der Waals surface area contributed by atoms with Crippen LogP contribution in [-0.4, -0.2) is 25.4 Å². The molecule has 1 aromatic rings. The molecule has 0 unspecified atom stereocenters. The van der Waals surface area contributed by atoms with Gasteiger partial charge in [0, 0.05) is 7.11 Å². The van der Waals surface area contributed by atoms with E-state index in [1.807, 2.05) is 51.1 Å². The Morgan fingerprint density at radius 2 is 1.89 bits per heavy atom. The van der Waals surface area contributed by atoms with Crippen LogP contribution in [0.15, 0.2) is 30.3 Å². The molecule has 4 nitrogen and oxygen atoms in total. The number of methoxy groups -OCH3 is 1. The topological polar surface area (TPSA) is 47.6 Å². The molecule has 0 heterocycles. The minimum absolute atomic E-state index is 0.203. The average molecular weight is 251 g/mol. The first-order valence-corrected chi connectivity index (χ1v) is 5.96. The Bertz CT molecular complexity index is 370. The van der Waals surface area contributed by atoms with Gasteiger partial charge < -0.3 is 14.8 Å². The average Bonchev–Trinajstić information content (AvgIpc) is 2.27. The zero-order valence-corrected chi connectivity index (χ0v) is 11.4. The van der Waals surface area contributed by atoms with E-state index in [1.54, 1.807) is 7.11 Å². The normalized spacial score (nSPS) is 12.9. The summed E-state index contributed by atoms with van der Waals surface area (Å²) in [5.41, 5.74) is 0.489. The number of ether oxygens (including phenoxy) is 2. The van der Waals surface area contributed by atoms with E-state index in [9.17, 15) is 4.79 Å². The van der Waals surface area contributed by atoms with Crippen LogP contribution in [0.25, 0.3) is 0 Å². The molecule has 0 aromatic heterocycles. The lowest BCUT2D eigenvalue weighted by Crippen LogP contribution is -2.36. The highest BCUT2D eigenvalue weighted by molar-refractivity contribution is 5.68. The molecule has 0 radical (unpaired) electrons. The number of carbonyl (C=O) groups is 1. The van der Waals surface area contributed by atoms with Gasteiger partial charge in [-0.25, -0.2) is 4.79 Å². The van der Waals surface area contributed by atoms with Gasteiger partial charge in [0.15, 0.2) is 0 Å². The number of alkyl carbamates (subject to hydrolysis) is 1. The molecule has 0 saturated carbocycles. The molecule has 1 amide bonds. The Morgan fingerprint density at radius 3 is 2.39 bits per heavy atom. The zero-order chi connectivity index (χ0) is 13.6. The van der Waals surface area contributed by atoms with Gasteiger partial charge in [0.25, 0.3) is 0 Å². The van der Waals surface area contributed by atoms with Crippen LogP contribution < -0.4 is 5.32 Å². The van der Waals surface area contributed by atoms with Gasteiger partial charge in [0.05, 0.1) is 12.6 Å². The second-order valence-electron chi connectivity index (χ2n) is 5.06. The molecule has 0 aliphatic heterocycles. The molecule has 0 fully saturated rings. The standard InChI is InChI=1S/C14H21NO3/c1-14(2,3)18-13(16)15-12(10-17-4)11-8-6-5-7-9-11/h5-9,12H,10H2,1-4H3,(H,15,16)/t12-/m0/s1. The monoisotopic (exact) mass is 251 g/mol. The quantitative estimate of drug-likeness (QED) is 0.895. The first-order chi connectivity index (χ1) is 8.42. The highest BCUT2D eigenvalue weighted by atomic mass is 16.6. The minimum atomic E-state index is -0.502. The van der Waals surface area contributed by atoms with Gasteiger partial charge in [-0.2, -0.15) is 0 Å². The van der Waals surface area contributed by atoms with Crippen molar-refractivity contribution in [3.05, 3.63) is 35.9 Å². The first-order valence-electron chi connectivity index (χ1n) is 5.96. The fraction of sp³-hybridized carbons (Fsp3) is 0.500. The number of carbonyl (C=O) groups excluding carboxylic acids is 1. The van der Waals surface area contributed by atoms with Crippen molar-refractivity contribution < 1.29 is 14.3 Å². The van der Waals surface area contributed by atoms with Gasteiger partial charge in [-0.3, -0.25) is 0 Å². The van der Waals surface area contributed by atoms with E-state index in [4.69, 9.17) is 9.47 Å². The van der Waals surface area contributed by atoms with Crippen molar-refractivity contribution in [2.24, 2.45) is 0 Å². The first kappa shape index (κ1) is 14.5. The Hall–Kier alpha value is -1.55. The Kier molecular flexibility index (Phi) is 5.16. The van der Waals surface area contributed by atoms with Gasteiger partial charge >= 0.3 is 6.09 Å². The van der Waals surface area contributed by atoms with Crippen LogP contribution in [0.4, 0.5) is 4.79 Å². The molecule has 0 aliphatic carbocycles. The molecule has 18 heavy (non-hydrogen) atoms. The summed E-state index contributed by atoms with van der Waals surface area (Å²) >= 11 is 0. The lowest BCUT2D eigenvalue weighted by atomic mass is 10.1. The Balaban J connectivity index is 2.67. The summed E-state index contributed by atoms with van der Waals surface area (Å²) in [5.74, 6) is 0. The van der Waals surface area contributed by atoms with Crippen LogP contribution in [-0.2, 0) is 9.47 Å². The number of hydrogen-bond donors (Lipinski definition) is 1. The van der Waals surface area contributed by atoms with Crippen LogP contribution in [0.3, 0.4) is 0 Å². The lowest BCUT2D eigenvalue weighted by molar-refractivity contribution is 0.0468. The molecule has 1 aromatic carbocycles. The van der Waals surface area contributed by atoms with E-state index in [-0.39, 0.29) is 6.04 Å². The van der Waals surface area contributed by atoms with Gasteiger partial charge in [0.2, 0.25) is 0 Å². The summed E-state index contributed by atoms with van der Waals surface area (Å²) < 4.78 is 10.3. The minimum Gasteiger partial charge on any atom is -0.444 e. The highest BCUT2D eigenvalue weighted by Gasteiger charge is 2.20. The maximum Gasteiger partial charge on any atom is 0.408 e. The van der Waals surface area contributed by atoms with Gasteiger partial charge in [0.1, 0.15) is 5.60 Å². The van der Waals surface area contributed by atoms with Gasteiger partial charge in [-0.05, 0) is 26.3 Å². The fourth-order valence-electron chi connectivity index (χ4n) is 1.52.